The second-order valence-electron chi connectivity index (χ2n) is 9.41. The van der Waals surface area contributed by atoms with Crippen LogP contribution >= 0.6 is 0 Å². The van der Waals surface area contributed by atoms with E-state index >= 15 is 0 Å². The summed E-state index contributed by atoms with van der Waals surface area (Å²) in [6.45, 7) is 7.60. The van der Waals surface area contributed by atoms with Gasteiger partial charge in [-0.15, -0.1) is 0 Å². The third kappa shape index (κ3) is 4.42. The lowest BCUT2D eigenvalue weighted by atomic mass is 9.81. The van der Waals surface area contributed by atoms with E-state index in [9.17, 15) is 8.78 Å². The molecular weight excluding hydrogens is 541 g/mol. The minimum atomic E-state index is -0.640. The molecule has 0 aliphatic carbocycles. The highest BCUT2D eigenvalue weighted by atomic mass is 127. The topological polar surface area (TPSA) is 6.25 Å². The van der Waals surface area contributed by atoms with Crippen molar-refractivity contribution in [3.05, 3.63) is 107 Å². The van der Waals surface area contributed by atoms with Crippen molar-refractivity contribution in [3.8, 4) is 0 Å². The minimum Gasteiger partial charge on any atom is -1.00 e. The molecule has 2 aromatic carbocycles. The fourth-order valence-electron chi connectivity index (χ4n) is 4.84. The maximum Gasteiger partial charge on any atom is 0.209 e. The zero-order valence-corrected chi connectivity index (χ0v) is 22.3. The van der Waals surface area contributed by atoms with Crippen LogP contribution in [0.3, 0.4) is 0 Å². The normalized spacial score (nSPS) is 23.1. The Morgan fingerprint density at radius 2 is 1.44 bits per heavy atom. The fraction of sp³-hybridized carbons (Fsp3) is 0.276. The second-order valence-corrected chi connectivity index (χ2v) is 9.41. The second kappa shape index (κ2) is 9.61. The Labute approximate surface area is 225 Å². The monoisotopic (exact) mass is 577 g/mol. The maximum atomic E-state index is 13.9. The number of hydrogen-bond acceptors (Lipinski definition) is 1. The Kier molecular flexibility index (Phi) is 5.58. The van der Waals surface area contributed by atoms with Gasteiger partial charge in [-0.3, -0.25) is 0 Å². The highest BCUT2D eigenvalue weighted by molar-refractivity contribution is 6.03. The van der Waals surface area contributed by atoms with E-state index in [-0.39, 0.29) is 47.7 Å². The molecule has 0 saturated heterocycles. The van der Waals surface area contributed by atoms with Gasteiger partial charge < -0.3 is 28.9 Å². The summed E-state index contributed by atoms with van der Waals surface area (Å²) in [7, 11) is 3.60. The van der Waals surface area contributed by atoms with E-state index in [4.69, 9.17) is 6.85 Å². The Morgan fingerprint density at radius 1 is 0.853 bits per heavy atom. The maximum absolute atomic E-state index is 13.9. The molecule has 0 fully saturated rings. The molecule has 34 heavy (non-hydrogen) atoms. The smallest absolute Gasteiger partial charge is 0.209 e. The van der Waals surface area contributed by atoms with E-state index in [2.05, 4.69) is 0 Å². The van der Waals surface area contributed by atoms with Gasteiger partial charge in [0.1, 0.15) is 18.7 Å². The van der Waals surface area contributed by atoms with Crippen LogP contribution in [0.25, 0.3) is 0 Å². The molecule has 2 aliphatic rings. The standard InChI is InChI=1S/C29H31F2N2.HI/c1-28(2)22-18-20(30)14-16-24(22)32(5)26(28)12-10-8-7-9-11-13-27-29(3,4)23-19-21(31)15-17-25(23)33(27)6;/h7-19H,1-6H3;1H/q+1;/p-1/i7D,8D,9D,10D,11D;. The Balaban J connectivity index is 0.00000420. The largest absolute Gasteiger partial charge is 1.00 e. The molecule has 0 N–H and O–H groups in total. The first kappa shape index (κ1) is 19.7. The molecule has 2 aliphatic heterocycles. The summed E-state index contributed by atoms with van der Waals surface area (Å²) in [5.74, 6) is -0.720. The first-order valence-electron chi connectivity index (χ1n) is 13.3. The summed E-state index contributed by atoms with van der Waals surface area (Å²) in [6.07, 6.45) is 2.92. The molecule has 178 valence electrons. The first-order chi connectivity index (χ1) is 17.6. The van der Waals surface area contributed by atoms with Gasteiger partial charge >= 0.3 is 0 Å². The number of allylic oxidation sites excluding steroid dienone is 8. The van der Waals surface area contributed by atoms with Crippen LogP contribution in [-0.4, -0.2) is 24.4 Å². The van der Waals surface area contributed by atoms with Gasteiger partial charge in [-0.1, -0.05) is 44.1 Å². The molecule has 2 nitrogen and oxygen atoms in total. The van der Waals surface area contributed by atoms with Crippen LogP contribution in [0.4, 0.5) is 20.2 Å². The fourth-order valence-corrected chi connectivity index (χ4v) is 4.84. The van der Waals surface area contributed by atoms with E-state index in [0.29, 0.717) is 11.4 Å². The van der Waals surface area contributed by atoms with Gasteiger partial charge in [0.15, 0.2) is 5.71 Å². The lowest BCUT2D eigenvalue weighted by molar-refractivity contribution is -0.401. The summed E-state index contributed by atoms with van der Waals surface area (Å²) < 4.78 is 71.9. The molecule has 2 heterocycles. The summed E-state index contributed by atoms with van der Waals surface area (Å²) in [5, 5.41) is 0. The van der Waals surface area contributed by atoms with Gasteiger partial charge in [-0.05, 0) is 55.8 Å². The molecule has 0 radical (unpaired) electrons. The summed E-state index contributed by atoms with van der Waals surface area (Å²) in [5.41, 5.74) is 3.13. The third-order valence-electron chi connectivity index (χ3n) is 6.68. The first-order valence-corrected chi connectivity index (χ1v) is 10.8. The molecule has 0 bridgehead atoms. The molecule has 0 amide bonds. The van der Waals surface area contributed by atoms with E-state index in [1.165, 1.54) is 36.4 Å². The molecule has 0 atom stereocenters. The lowest BCUT2D eigenvalue weighted by Gasteiger charge is -2.23. The summed E-state index contributed by atoms with van der Waals surface area (Å²) in [6, 6.07) is 6.87. The number of benzene rings is 2. The van der Waals surface area contributed by atoms with Crippen molar-refractivity contribution in [1.29, 1.82) is 0 Å². The molecule has 0 saturated carbocycles. The van der Waals surface area contributed by atoms with Crippen LogP contribution in [0.2, 0.25) is 0 Å². The zero-order chi connectivity index (χ0) is 28.3. The zero-order valence-electron chi connectivity index (χ0n) is 25.1. The van der Waals surface area contributed by atoms with Crippen molar-refractivity contribution >= 4 is 17.1 Å². The molecule has 4 rings (SSSR count). The van der Waals surface area contributed by atoms with Crippen LogP contribution in [-0.2, 0) is 10.8 Å². The van der Waals surface area contributed by atoms with Crippen LogP contribution in [0.15, 0.2) is 84.5 Å². The van der Waals surface area contributed by atoms with E-state index in [0.717, 1.165) is 22.5 Å². The quantitative estimate of drug-likeness (QED) is 0.303. The van der Waals surface area contributed by atoms with Gasteiger partial charge in [-0.25, -0.2) is 8.78 Å². The Morgan fingerprint density at radius 3 is 2.15 bits per heavy atom. The van der Waals surface area contributed by atoms with E-state index in [1.54, 1.807) is 26.2 Å². The lowest BCUT2D eigenvalue weighted by Crippen LogP contribution is -3.00. The predicted octanol–water partition coefficient (Wildman–Crippen LogP) is 3.95. The Hall–Kier alpha value is -2.54. The van der Waals surface area contributed by atoms with E-state index < -0.39 is 29.0 Å². The number of halogens is 3. The van der Waals surface area contributed by atoms with Gasteiger partial charge in [0.25, 0.3) is 0 Å². The highest BCUT2D eigenvalue weighted by Gasteiger charge is 2.43. The van der Waals surface area contributed by atoms with Crippen molar-refractivity contribution in [2.75, 3.05) is 19.0 Å². The van der Waals surface area contributed by atoms with Gasteiger partial charge in [0.2, 0.25) is 5.69 Å². The minimum absolute atomic E-state index is 0. The SMILES string of the molecule is [2H]C(=CC1=[N+](C)c2ccc(F)cc2C1(C)C)C([2H])=C([2H])C([2H])=C([2H])C=C1N(C)c2ccc(F)cc2C1(C)C.[I-]. The summed E-state index contributed by atoms with van der Waals surface area (Å²) >= 11 is 0. The van der Waals surface area contributed by atoms with Gasteiger partial charge in [0, 0.05) is 41.6 Å². The number of hydrogen-bond donors (Lipinski definition) is 0. The molecule has 2 aromatic rings. The number of anilines is 1. The van der Waals surface area contributed by atoms with Crippen molar-refractivity contribution < 1.29 is 44.2 Å². The van der Waals surface area contributed by atoms with Crippen molar-refractivity contribution in [2.24, 2.45) is 0 Å². The van der Waals surface area contributed by atoms with Crippen LogP contribution < -0.4 is 28.9 Å². The molecular formula is C29H31F2IN2. The average Bonchev–Trinajstić information content (AvgIpc) is 3.16. The van der Waals surface area contributed by atoms with Crippen molar-refractivity contribution in [1.82, 2.24) is 0 Å². The van der Waals surface area contributed by atoms with Crippen LogP contribution in [0.1, 0.15) is 45.7 Å². The average molecular weight is 578 g/mol. The highest BCUT2D eigenvalue weighted by Crippen LogP contribution is 2.47. The van der Waals surface area contributed by atoms with Crippen LogP contribution in [0.5, 0.6) is 0 Å². The molecule has 5 heteroatoms. The predicted molar refractivity (Wildman–Crippen MR) is 134 cm³/mol. The number of fused-ring (bicyclic) bond motifs is 2. The van der Waals surface area contributed by atoms with Crippen molar-refractivity contribution in [3.63, 3.8) is 0 Å². The molecule has 0 unspecified atom stereocenters. The Bertz CT molecular complexity index is 1520. The van der Waals surface area contributed by atoms with E-state index in [1.807, 2.05) is 37.2 Å². The number of likely N-dealkylation sites (N-methyl/N-ethyl adjacent to an activating group) is 1. The van der Waals surface area contributed by atoms with Crippen molar-refractivity contribution in [2.45, 2.75) is 38.5 Å². The summed E-state index contributed by atoms with van der Waals surface area (Å²) in [4.78, 5) is 1.83. The third-order valence-corrected chi connectivity index (χ3v) is 6.68. The molecule has 0 aromatic heterocycles. The number of rotatable bonds is 4. The van der Waals surface area contributed by atoms with Crippen LogP contribution in [0, 0.1) is 11.6 Å². The van der Waals surface area contributed by atoms with Gasteiger partial charge in [-0.2, -0.15) is 4.58 Å². The van der Waals surface area contributed by atoms with Gasteiger partial charge in [0.05, 0.1) is 12.3 Å². The number of nitrogens with zero attached hydrogens (tertiary/aromatic N) is 2. The molecule has 0 spiro atoms.